The summed E-state index contributed by atoms with van der Waals surface area (Å²) >= 11 is 0. The van der Waals surface area contributed by atoms with Gasteiger partial charge < -0.3 is 19.1 Å². The van der Waals surface area contributed by atoms with Crippen LogP contribution < -0.4 is 0 Å². The molecule has 0 aromatic rings. The van der Waals surface area contributed by atoms with E-state index in [-0.39, 0.29) is 59.3 Å². The molecule has 0 radical (unpaired) electrons. The maximum absolute atomic E-state index is 10.4. The molecule has 0 atom stereocenters. The summed E-state index contributed by atoms with van der Waals surface area (Å²) in [6.45, 7) is 4.66. The number of ether oxygens (including phenoxy) is 2. The Balaban J connectivity index is -0.000000256. The van der Waals surface area contributed by atoms with Gasteiger partial charge in [0.15, 0.2) is 0 Å². The molecule has 0 heterocycles. The summed E-state index contributed by atoms with van der Waals surface area (Å²) in [5.74, 6) is -0.432. The molecule has 6 nitrogen and oxygen atoms in total. The zero-order valence-corrected chi connectivity index (χ0v) is 12.8. The molecule has 7 heteroatoms. The smallest absolute Gasteiger partial charge is 0.541 e. The van der Waals surface area contributed by atoms with E-state index in [9.17, 15) is 19.2 Å². The topological polar surface area (TPSA) is 86.7 Å². The molecular weight excluding hydrogens is 288 g/mol. The predicted molar refractivity (Wildman–Crippen MR) is 63.6 cm³/mol. The molecule has 0 aliphatic rings. The SMILES string of the molecule is CCOCC(=O)C[C-]=O.CCOCC(=O)C[C-]=O.[Ti+4]. The third kappa shape index (κ3) is 22.9. The first-order valence-electron chi connectivity index (χ1n) is 5.51. The van der Waals surface area contributed by atoms with Gasteiger partial charge in [-0.2, -0.15) is 0 Å². The fourth-order valence-electron chi connectivity index (χ4n) is 0.695. The van der Waals surface area contributed by atoms with Gasteiger partial charge >= 0.3 is 21.7 Å². The number of carbonyl (C=O) groups excluding carboxylic acids is 4. The minimum atomic E-state index is -0.216. The van der Waals surface area contributed by atoms with Crippen molar-refractivity contribution < 1.29 is 50.4 Å². The van der Waals surface area contributed by atoms with Crippen molar-refractivity contribution in [2.24, 2.45) is 0 Å². The molecule has 0 N–H and O–H groups in total. The second-order valence-corrected chi connectivity index (χ2v) is 2.99. The van der Waals surface area contributed by atoms with Crippen LogP contribution in [0.4, 0.5) is 0 Å². The van der Waals surface area contributed by atoms with Crippen LogP contribution in [-0.2, 0) is 50.4 Å². The van der Waals surface area contributed by atoms with Crippen molar-refractivity contribution in [1.82, 2.24) is 0 Å². The van der Waals surface area contributed by atoms with Crippen molar-refractivity contribution in [1.29, 1.82) is 0 Å². The van der Waals surface area contributed by atoms with Crippen LogP contribution >= 0.6 is 0 Å². The number of hydrogen-bond donors (Lipinski definition) is 0. The molecule has 0 saturated carbocycles. The van der Waals surface area contributed by atoms with Gasteiger partial charge in [-0.05, 0) is 13.8 Å². The monoisotopic (exact) mass is 306 g/mol. The third-order valence-corrected chi connectivity index (χ3v) is 1.47. The van der Waals surface area contributed by atoms with Crippen LogP contribution in [0.25, 0.3) is 0 Å². The standard InChI is InChI=1S/2C6H9O3.Ti/c2*1-2-9-5-6(8)3-4-7;/h2*2-3,5H2,1H3;/q2*-1;+4. The number of ketones is 2. The molecule has 0 aromatic heterocycles. The minimum absolute atomic E-state index is 0. The van der Waals surface area contributed by atoms with E-state index in [2.05, 4.69) is 0 Å². The quantitative estimate of drug-likeness (QED) is 0.325. The normalized spacial score (nSPS) is 8.53. The Kier molecular flexibility index (Phi) is 24.2. The van der Waals surface area contributed by atoms with Crippen molar-refractivity contribution in [3.8, 4) is 0 Å². The Morgan fingerprint density at radius 2 is 1.16 bits per heavy atom. The first kappa shape index (κ1) is 23.4. The molecule has 0 aromatic carbocycles. The maximum atomic E-state index is 10.4. The van der Waals surface area contributed by atoms with E-state index >= 15 is 0 Å². The van der Waals surface area contributed by atoms with Crippen molar-refractivity contribution in [2.45, 2.75) is 26.7 Å². The van der Waals surface area contributed by atoms with Gasteiger partial charge in [0, 0.05) is 13.2 Å². The molecule has 0 bridgehead atoms. The summed E-state index contributed by atoms with van der Waals surface area (Å²) in [6, 6.07) is 0. The Morgan fingerprint density at radius 1 is 0.842 bits per heavy atom. The summed E-state index contributed by atoms with van der Waals surface area (Å²) in [5.41, 5.74) is 0. The van der Waals surface area contributed by atoms with Crippen LogP contribution in [0.2, 0.25) is 0 Å². The molecule has 0 unspecified atom stereocenters. The van der Waals surface area contributed by atoms with E-state index < -0.39 is 0 Å². The Hall–Kier alpha value is -0.686. The Bertz CT molecular complexity index is 229. The number of carbonyl (C=O) groups is 2. The second-order valence-electron chi connectivity index (χ2n) is 2.99. The molecule has 0 saturated heterocycles. The molecule has 0 fully saturated rings. The van der Waals surface area contributed by atoms with E-state index in [4.69, 9.17) is 9.47 Å². The summed E-state index contributed by atoms with van der Waals surface area (Å²) in [5, 5.41) is 0. The second kappa shape index (κ2) is 19.6. The summed E-state index contributed by atoms with van der Waals surface area (Å²) in [7, 11) is 0. The van der Waals surface area contributed by atoms with Crippen LogP contribution in [0.1, 0.15) is 26.7 Å². The van der Waals surface area contributed by atoms with Crippen LogP contribution in [0.3, 0.4) is 0 Å². The predicted octanol–water partition coefficient (Wildman–Crippen LogP) is 0.181. The minimum Gasteiger partial charge on any atom is -0.541 e. The third-order valence-electron chi connectivity index (χ3n) is 1.47. The molecule has 19 heavy (non-hydrogen) atoms. The van der Waals surface area contributed by atoms with E-state index in [0.29, 0.717) is 13.2 Å². The molecule has 0 aliphatic carbocycles. The van der Waals surface area contributed by atoms with Crippen LogP contribution in [0, 0.1) is 0 Å². The van der Waals surface area contributed by atoms with Gasteiger partial charge in [0.05, 0.1) is 0 Å². The van der Waals surface area contributed by atoms with E-state index in [1.54, 1.807) is 13.8 Å². The zero-order chi connectivity index (χ0) is 14.2. The van der Waals surface area contributed by atoms with Crippen molar-refractivity contribution in [2.75, 3.05) is 26.4 Å². The van der Waals surface area contributed by atoms with E-state index in [1.807, 2.05) is 0 Å². The Labute approximate surface area is 128 Å². The zero-order valence-electron chi connectivity index (χ0n) is 11.2. The fraction of sp³-hybridized carbons (Fsp3) is 0.667. The van der Waals surface area contributed by atoms with Gasteiger partial charge in [0.2, 0.25) is 0 Å². The molecule has 104 valence electrons. The average Bonchev–Trinajstić information content (AvgIpc) is 2.35. The largest absolute Gasteiger partial charge is 4.00 e. The maximum Gasteiger partial charge on any atom is 4.00 e. The first-order chi connectivity index (χ1) is 8.62. The Morgan fingerprint density at radius 3 is 1.37 bits per heavy atom. The molecular formula is C12H18O6Ti+2. The molecule has 0 aliphatic heterocycles. The summed E-state index contributed by atoms with van der Waals surface area (Å²) in [4.78, 5) is 40.0. The van der Waals surface area contributed by atoms with Crippen LogP contribution in [-0.4, -0.2) is 50.6 Å². The number of Topliss-reactive ketones (excluding diaryl/α,β-unsaturated/α-hetero) is 2. The van der Waals surface area contributed by atoms with Crippen molar-refractivity contribution in [3.05, 3.63) is 0 Å². The molecule has 0 rings (SSSR count). The van der Waals surface area contributed by atoms with Crippen LogP contribution in [0.15, 0.2) is 0 Å². The number of rotatable bonds is 10. The van der Waals surface area contributed by atoms with Gasteiger partial charge in [-0.3, -0.25) is 22.2 Å². The van der Waals surface area contributed by atoms with E-state index in [0.717, 1.165) is 0 Å². The van der Waals surface area contributed by atoms with Crippen molar-refractivity contribution >= 4 is 24.1 Å². The van der Waals surface area contributed by atoms with Crippen LogP contribution in [0.5, 0.6) is 0 Å². The molecule has 0 amide bonds. The first-order valence-corrected chi connectivity index (χ1v) is 5.51. The summed E-state index contributed by atoms with van der Waals surface area (Å²) in [6.07, 6.45) is 2.69. The van der Waals surface area contributed by atoms with E-state index in [1.165, 1.54) is 12.6 Å². The van der Waals surface area contributed by atoms with Gasteiger partial charge in [0.25, 0.3) is 0 Å². The summed E-state index contributed by atoms with van der Waals surface area (Å²) < 4.78 is 9.44. The van der Waals surface area contributed by atoms with Crippen molar-refractivity contribution in [3.63, 3.8) is 0 Å². The number of hydrogen-bond acceptors (Lipinski definition) is 6. The van der Waals surface area contributed by atoms with Gasteiger partial charge in [-0.25, -0.2) is 0 Å². The fourth-order valence-corrected chi connectivity index (χ4v) is 0.695. The van der Waals surface area contributed by atoms with Gasteiger partial charge in [-0.15, -0.1) is 0 Å². The van der Waals surface area contributed by atoms with Gasteiger partial charge in [-0.1, -0.05) is 12.8 Å². The van der Waals surface area contributed by atoms with Gasteiger partial charge in [0.1, 0.15) is 24.8 Å². The average molecular weight is 306 g/mol. The molecule has 0 spiro atoms.